The summed E-state index contributed by atoms with van der Waals surface area (Å²) < 4.78 is 10.8. The molecule has 1 heterocycles. The minimum absolute atomic E-state index is 0.311. The number of hydrogen-bond donors (Lipinski definition) is 1. The van der Waals surface area contributed by atoms with Gasteiger partial charge in [-0.25, -0.2) is 0 Å². The van der Waals surface area contributed by atoms with Gasteiger partial charge in [-0.1, -0.05) is 25.3 Å². The number of nitrogens with two attached hydrogens (primary N) is 1. The van der Waals surface area contributed by atoms with Crippen LogP contribution in [0.3, 0.4) is 0 Å². The Hall–Kier alpha value is -1.26. The van der Waals surface area contributed by atoms with Crippen molar-refractivity contribution in [2.45, 2.75) is 57.0 Å². The number of benzene rings is 1. The van der Waals surface area contributed by atoms with Crippen LogP contribution in [0.2, 0.25) is 0 Å². The fourth-order valence-electron chi connectivity index (χ4n) is 4.52. The lowest BCUT2D eigenvalue weighted by molar-refractivity contribution is 0.0870. The fourth-order valence-corrected chi connectivity index (χ4v) is 4.52. The number of hydrogen-bond acceptors (Lipinski definition) is 4. The van der Waals surface area contributed by atoms with Crippen molar-refractivity contribution in [3.05, 3.63) is 23.8 Å². The van der Waals surface area contributed by atoms with Crippen LogP contribution in [0.15, 0.2) is 18.2 Å². The van der Waals surface area contributed by atoms with Gasteiger partial charge in [-0.3, -0.25) is 4.90 Å². The van der Waals surface area contributed by atoms with Crippen LogP contribution in [0.1, 0.15) is 44.1 Å². The molecule has 1 aliphatic carbocycles. The summed E-state index contributed by atoms with van der Waals surface area (Å²) >= 11 is 0. The second-order valence-corrected chi connectivity index (χ2v) is 7.50. The maximum atomic E-state index is 6.39. The molecule has 1 saturated heterocycles. The van der Waals surface area contributed by atoms with Gasteiger partial charge >= 0.3 is 0 Å². The zero-order chi connectivity index (χ0) is 16.9. The van der Waals surface area contributed by atoms with Gasteiger partial charge in [0, 0.05) is 25.2 Å². The van der Waals surface area contributed by atoms with Crippen LogP contribution in [0.4, 0.5) is 0 Å². The van der Waals surface area contributed by atoms with E-state index in [4.69, 9.17) is 15.2 Å². The molecule has 0 aromatic heterocycles. The molecule has 24 heavy (non-hydrogen) atoms. The van der Waals surface area contributed by atoms with Gasteiger partial charge in [0.15, 0.2) is 11.5 Å². The Morgan fingerprint density at radius 1 is 1.04 bits per heavy atom. The van der Waals surface area contributed by atoms with Crippen molar-refractivity contribution >= 4 is 0 Å². The molecule has 0 bridgehead atoms. The van der Waals surface area contributed by atoms with E-state index >= 15 is 0 Å². The van der Waals surface area contributed by atoms with Crippen LogP contribution in [-0.2, 0) is 6.42 Å². The van der Waals surface area contributed by atoms with Crippen molar-refractivity contribution in [3.63, 3.8) is 0 Å². The number of likely N-dealkylation sites (tertiary alicyclic amines) is 1. The molecule has 2 fully saturated rings. The number of nitrogens with zero attached hydrogens (tertiary/aromatic N) is 1. The summed E-state index contributed by atoms with van der Waals surface area (Å²) in [6.45, 7) is 2.26. The van der Waals surface area contributed by atoms with Crippen LogP contribution >= 0.6 is 0 Å². The molecule has 2 atom stereocenters. The lowest BCUT2D eigenvalue weighted by atomic mass is 9.86. The third-order valence-electron chi connectivity index (χ3n) is 5.66. The maximum Gasteiger partial charge on any atom is 0.160 e. The first-order valence-electron chi connectivity index (χ1n) is 9.40. The molecule has 0 radical (unpaired) electrons. The zero-order valence-electron chi connectivity index (χ0n) is 15.2. The summed E-state index contributed by atoms with van der Waals surface area (Å²) in [6.07, 6.45) is 9.08. The number of rotatable bonds is 5. The highest BCUT2D eigenvalue weighted by Gasteiger charge is 2.30. The predicted octanol–water partition coefficient (Wildman–Crippen LogP) is 3.23. The van der Waals surface area contributed by atoms with E-state index in [1.807, 2.05) is 6.07 Å². The van der Waals surface area contributed by atoms with E-state index in [2.05, 4.69) is 17.0 Å². The standard InChI is InChI=1S/C20H32N2O2/c1-23-19-9-8-15(12-20(19)24-2)10-16-11-17(21)14-22(13-16)18-6-4-3-5-7-18/h8-9,12,16-18H,3-7,10-11,13-14,21H2,1-2H3. The topological polar surface area (TPSA) is 47.7 Å². The second kappa shape index (κ2) is 8.21. The van der Waals surface area contributed by atoms with Crippen molar-refractivity contribution in [1.82, 2.24) is 4.90 Å². The molecule has 0 amide bonds. The average Bonchev–Trinajstić information content (AvgIpc) is 2.62. The number of methoxy groups -OCH3 is 2. The summed E-state index contributed by atoms with van der Waals surface area (Å²) in [7, 11) is 3.38. The Bertz CT molecular complexity index is 528. The van der Waals surface area contributed by atoms with E-state index in [-0.39, 0.29) is 0 Å². The molecule has 4 heteroatoms. The Morgan fingerprint density at radius 3 is 2.50 bits per heavy atom. The van der Waals surface area contributed by atoms with Crippen molar-refractivity contribution in [1.29, 1.82) is 0 Å². The van der Waals surface area contributed by atoms with Gasteiger partial charge in [0.2, 0.25) is 0 Å². The smallest absolute Gasteiger partial charge is 0.160 e. The Kier molecular flexibility index (Phi) is 6.01. The lowest BCUT2D eigenvalue weighted by Crippen LogP contribution is -2.51. The van der Waals surface area contributed by atoms with E-state index in [1.165, 1.54) is 44.2 Å². The summed E-state index contributed by atoms with van der Waals surface area (Å²) in [5, 5.41) is 0. The summed E-state index contributed by atoms with van der Waals surface area (Å²) in [4.78, 5) is 2.68. The highest BCUT2D eigenvalue weighted by molar-refractivity contribution is 5.43. The molecule has 1 aromatic carbocycles. The van der Waals surface area contributed by atoms with E-state index in [1.54, 1.807) is 14.2 Å². The van der Waals surface area contributed by atoms with Gasteiger partial charge in [-0.2, -0.15) is 0 Å². The Labute approximate surface area is 146 Å². The van der Waals surface area contributed by atoms with Gasteiger partial charge in [-0.15, -0.1) is 0 Å². The van der Waals surface area contributed by atoms with E-state index in [0.717, 1.165) is 36.9 Å². The highest BCUT2D eigenvalue weighted by Crippen LogP contribution is 2.31. The fraction of sp³-hybridized carbons (Fsp3) is 0.700. The molecule has 0 spiro atoms. The van der Waals surface area contributed by atoms with Gasteiger partial charge < -0.3 is 15.2 Å². The first-order valence-corrected chi connectivity index (χ1v) is 9.40. The van der Waals surface area contributed by atoms with Crippen molar-refractivity contribution in [2.75, 3.05) is 27.3 Å². The molecule has 2 aliphatic rings. The highest BCUT2D eigenvalue weighted by atomic mass is 16.5. The Morgan fingerprint density at radius 2 is 1.79 bits per heavy atom. The first kappa shape index (κ1) is 17.6. The molecule has 2 unspecified atom stereocenters. The van der Waals surface area contributed by atoms with Crippen LogP contribution in [0.25, 0.3) is 0 Å². The van der Waals surface area contributed by atoms with Gasteiger partial charge in [0.25, 0.3) is 0 Å². The monoisotopic (exact) mass is 332 g/mol. The third kappa shape index (κ3) is 4.22. The van der Waals surface area contributed by atoms with Crippen molar-refractivity contribution in [2.24, 2.45) is 11.7 Å². The predicted molar refractivity (Wildman–Crippen MR) is 97.8 cm³/mol. The van der Waals surface area contributed by atoms with Gasteiger partial charge in [0.1, 0.15) is 0 Å². The largest absolute Gasteiger partial charge is 0.493 e. The zero-order valence-corrected chi connectivity index (χ0v) is 15.2. The molecule has 1 aromatic rings. The number of piperidine rings is 1. The quantitative estimate of drug-likeness (QED) is 0.899. The molecule has 2 N–H and O–H groups in total. The summed E-state index contributed by atoms with van der Waals surface area (Å²) in [5.74, 6) is 2.25. The van der Waals surface area contributed by atoms with Crippen molar-refractivity contribution in [3.8, 4) is 11.5 Å². The van der Waals surface area contributed by atoms with Crippen LogP contribution < -0.4 is 15.2 Å². The van der Waals surface area contributed by atoms with Gasteiger partial charge in [-0.05, 0) is 49.3 Å². The van der Waals surface area contributed by atoms with Crippen LogP contribution in [0, 0.1) is 5.92 Å². The molecule has 134 valence electrons. The molecule has 1 saturated carbocycles. The number of ether oxygens (including phenoxy) is 2. The maximum absolute atomic E-state index is 6.39. The molecular weight excluding hydrogens is 300 g/mol. The van der Waals surface area contributed by atoms with Gasteiger partial charge in [0.05, 0.1) is 14.2 Å². The van der Waals surface area contributed by atoms with E-state index < -0.39 is 0 Å². The summed E-state index contributed by atoms with van der Waals surface area (Å²) in [5.41, 5.74) is 7.71. The van der Waals surface area contributed by atoms with Crippen molar-refractivity contribution < 1.29 is 9.47 Å². The average molecular weight is 332 g/mol. The van der Waals surface area contributed by atoms with Crippen LogP contribution in [0.5, 0.6) is 11.5 Å². The van der Waals surface area contributed by atoms with E-state index in [0.29, 0.717) is 12.0 Å². The molecule has 3 rings (SSSR count). The van der Waals surface area contributed by atoms with E-state index in [9.17, 15) is 0 Å². The molecular formula is C20H32N2O2. The minimum atomic E-state index is 0.311. The second-order valence-electron chi connectivity index (χ2n) is 7.50. The SMILES string of the molecule is COc1ccc(CC2CC(N)CN(C3CCCCC3)C2)cc1OC. The third-order valence-corrected chi connectivity index (χ3v) is 5.66. The minimum Gasteiger partial charge on any atom is -0.493 e. The molecule has 4 nitrogen and oxygen atoms in total. The molecule has 1 aliphatic heterocycles. The first-order chi connectivity index (χ1) is 11.7. The lowest BCUT2D eigenvalue weighted by Gasteiger charge is -2.42. The summed E-state index contributed by atoms with van der Waals surface area (Å²) in [6, 6.07) is 7.36. The van der Waals surface area contributed by atoms with Crippen LogP contribution in [-0.4, -0.2) is 44.3 Å². The normalized spacial score (nSPS) is 26.3. The Balaban J connectivity index is 1.65.